The van der Waals surface area contributed by atoms with Crippen molar-refractivity contribution in [3.05, 3.63) is 47.4 Å². The van der Waals surface area contributed by atoms with E-state index in [-0.39, 0.29) is 11.6 Å². The van der Waals surface area contributed by atoms with Crippen molar-refractivity contribution in [3.63, 3.8) is 0 Å². The normalized spacial score (nSPS) is 11.9. The van der Waals surface area contributed by atoms with Gasteiger partial charge in [-0.1, -0.05) is 0 Å². The number of hydrogen-bond acceptors (Lipinski definition) is 3. The molecule has 22 heavy (non-hydrogen) atoms. The molecule has 1 rings (SSSR count). The van der Waals surface area contributed by atoms with Crippen LogP contribution in [0, 0.1) is 5.82 Å². The van der Waals surface area contributed by atoms with Crippen molar-refractivity contribution in [2.75, 3.05) is 11.6 Å². The molecule has 0 aliphatic rings. The fraction of sp³-hybridized carbons (Fsp3) is 0.312. The van der Waals surface area contributed by atoms with Gasteiger partial charge in [-0.05, 0) is 0 Å². The molecule has 0 spiro atoms. The van der Waals surface area contributed by atoms with Crippen molar-refractivity contribution >= 4 is 43.1 Å². The molecule has 120 valence electrons. The number of carbonyl (C=O) groups excluding carboxylic acids is 1. The zero-order chi connectivity index (χ0) is 16.4. The average Bonchev–Trinajstić information content (AvgIpc) is 2.53. The van der Waals surface area contributed by atoms with Crippen LogP contribution in [0.5, 0.6) is 0 Å². The number of ketones is 1. The van der Waals surface area contributed by atoms with Crippen LogP contribution in [0.4, 0.5) is 4.39 Å². The maximum atomic E-state index is 13.0. The van der Waals surface area contributed by atoms with Crippen LogP contribution in [0.3, 0.4) is 0 Å². The number of alkyl halides is 1. The quantitative estimate of drug-likeness (QED) is 0.146. The molecule has 1 aromatic carbocycles. The summed E-state index contributed by atoms with van der Waals surface area (Å²) in [5.74, 6) is -0.405. The summed E-state index contributed by atoms with van der Waals surface area (Å²) >= 11 is 6.50. The van der Waals surface area contributed by atoms with E-state index in [2.05, 4.69) is 20.9 Å². The fourth-order valence-corrected chi connectivity index (χ4v) is 3.12. The molecule has 0 radical (unpaired) electrons. The van der Waals surface area contributed by atoms with Gasteiger partial charge >= 0.3 is 154 Å². The molecule has 0 atom stereocenters. The summed E-state index contributed by atoms with van der Waals surface area (Å²) in [6.07, 6.45) is 6.54. The number of Topliss-reactive ketones (excluding diaryl/α,β-unsaturated/α-hetero) is 1. The van der Waals surface area contributed by atoms with E-state index >= 15 is 0 Å². The predicted octanol–water partition coefficient (Wildman–Crippen LogP) is 4.57. The molecule has 0 aliphatic heterocycles. The Morgan fingerprint density at radius 2 is 2.05 bits per heavy atom. The summed E-state index contributed by atoms with van der Waals surface area (Å²) in [6, 6.07) is 5.66. The van der Waals surface area contributed by atoms with Gasteiger partial charge in [0.15, 0.2) is 0 Å². The van der Waals surface area contributed by atoms with Gasteiger partial charge in [0.2, 0.25) is 0 Å². The number of allylic oxidation sites excluding steroid dienone is 1. The first-order valence-corrected chi connectivity index (χ1v) is 10.4. The summed E-state index contributed by atoms with van der Waals surface area (Å²) in [6.45, 7) is 0. The molecule has 0 saturated heterocycles. The molecule has 0 fully saturated rings. The van der Waals surface area contributed by atoms with Gasteiger partial charge in [0.1, 0.15) is 0 Å². The number of carbonyl (C=O) groups is 1. The van der Waals surface area contributed by atoms with Crippen LogP contribution in [0.25, 0.3) is 0 Å². The van der Waals surface area contributed by atoms with Crippen molar-refractivity contribution in [2.24, 2.45) is 4.99 Å². The first kappa shape index (κ1) is 19.6. The fourth-order valence-electron chi connectivity index (χ4n) is 1.69. The molecule has 0 amide bonds. The number of aliphatic imine (C=N–C) groups is 1. The summed E-state index contributed by atoms with van der Waals surface area (Å²) in [4.78, 5) is 16.7. The number of hydrogen-bond donors (Lipinski definition) is 0. The Bertz CT molecular complexity index is 572. The number of benzene rings is 1. The van der Waals surface area contributed by atoms with Gasteiger partial charge in [-0.25, -0.2) is 0 Å². The SMILES string of the molecule is CSC=N/C=C(/CCCCBr)[C](=[Os])C(=O)c1ccc(F)cc1. The van der Waals surface area contributed by atoms with Gasteiger partial charge in [-0.15, -0.1) is 0 Å². The van der Waals surface area contributed by atoms with Crippen molar-refractivity contribution < 1.29 is 27.3 Å². The van der Waals surface area contributed by atoms with E-state index < -0.39 is 0 Å². The molecule has 2 nitrogen and oxygen atoms in total. The summed E-state index contributed by atoms with van der Waals surface area (Å²) in [7, 11) is 0. The number of nitrogens with zero attached hydrogens (tertiary/aromatic N) is 1. The van der Waals surface area contributed by atoms with Crippen LogP contribution >= 0.6 is 27.7 Å². The van der Waals surface area contributed by atoms with E-state index in [1.807, 2.05) is 6.26 Å². The predicted molar refractivity (Wildman–Crippen MR) is 93.5 cm³/mol. The molecule has 0 bridgehead atoms. The van der Waals surface area contributed by atoms with Crippen LogP contribution < -0.4 is 0 Å². The summed E-state index contributed by atoms with van der Waals surface area (Å²) < 4.78 is 13.7. The number of rotatable bonds is 9. The molecular formula is C16H17BrFNOOsS. The van der Waals surface area contributed by atoms with E-state index in [1.54, 1.807) is 29.9 Å². The van der Waals surface area contributed by atoms with E-state index in [0.29, 0.717) is 9.63 Å². The number of unbranched alkanes of at least 4 members (excludes halogenated alkanes) is 1. The Hall–Kier alpha value is -0.434. The van der Waals surface area contributed by atoms with Gasteiger partial charge in [-0.2, -0.15) is 0 Å². The Morgan fingerprint density at radius 1 is 1.36 bits per heavy atom. The van der Waals surface area contributed by atoms with Crippen LogP contribution in [0.2, 0.25) is 0 Å². The third-order valence-corrected chi connectivity index (χ3v) is 5.09. The van der Waals surface area contributed by atoms with E-state index in [1.165, 1.54) is 36.0 Å². The Labute approximate surface area is 153 Å². The Balaban J connectivity index is 2.89. The number of halogens is 2. The Kier molecular flexibility index (Phi) is 9.95. The van der Waals surface area contributed by atoms with Crippen LogP contribution in [-0.2, 0) is 18.1 Å². The maximum absolute atomic E-state index is 13.0. The second-order valence-corrected chi connectivity index (χ2v) is 7.17. The van der Waals surface area contributed by atoms with Gasteiger partial charge in [0, 0.05) is 0 Å². The first-order chi connectivity index (χ1) is 10.6. The first-order valence-electron chi connectivity index (χ1n) is 6.71. The molecular weight excluding hydrogens is 543 g/mol. The van der Waals surface area contributed by atoms with Crippen molar-refractivity contribution in [3.8, 4) is 0 Å². The molecule has 0 saturated carbocycles. The van der Waals surface area contributed by atoms with Gasteiger partial charge in [0.25, 0.3) is 0 Å². The van der Waals surface area contributed by atoms with Gasteiger partial charge < -0.3 is 0 Å². The van der Waals surface area contributed by atoms with Crippen LogP contribution in [0.15, 0.2) is 41.0 Å². The molecule has 0 heterocycles. The van der Waals surface area contributed by atoms with Crippen LogP contribution in [-0.4, -0.2) is 27.0 Å². The zero-order valence-electron chi connectivity index (χ0n) is 12.2. The molecule has 6 heteroatoms. The van der Waals surface area contributed by atoms with Crippen molar-refractivity contribution in [2.45, 2.75) is 19.3 Å². The molecule has 0 N–H and O–H groups in total. The topological polar surface area (TPSA) is 29.4 Å². The van der Waals surface area contributed by atoms with Gasteiger partial charge in [-0.3, -0.25) is 0 Å². The third-order valence-electron chi connectivity index (χ3n) is 2.80. The summed E-state index contributed by atoms with van der Waals surface area (Å²) in [5, 5.41) is 0.946. The minimum atomic E-state index is -0.339. The van der Waals surface area contributed by atoms with E-state index in [9.17, 15) is 9.18 Å². The minimum absolute atomic E-state index is 0.0669. The molecule has 0 aromatic heterocycles. The monoisotopic (exact) mass is 561 g/mol. The van der Waals surface area contributed by atoms with Gasteiger partial charge in [0.05, 0.1) is 0 Å². The molecule has 1 aromatic rings. The van der Waals surface area contributed by atoms with Crippen LogP contribution in [0.1, 0.15) is 29.6 Å². The van der Waals surface area contributed by atoms with Crippen molar-refractivity contribution in [1.82, 2.24) is 0 Å². The Morgan fingerprint density at radius 3 is 2.64 bits per heavy atom. The summed E-state index contributed by atoms with van der Waals surface area (Å²) in [5.41, 5.74) is 3.19. The van der Waals surface area contributed by atoms with E-state index in [4.69, 9.17) is 0 Å². The molecule has 0 unspecified atom stereocenters. The zero-order valence-corrected chi connectivity index (χ0v) is 17.1. The van der Waals surface area contributed by atoms with Crippen molar-refractivity contribution in [1.29, 1.82) is 0 Å². The second-order valence-electron chi connectivity index (χ2n) is 4.43. The number of thioether (sulfide) groups is 1. The van der Waals surface area contributed by atoms with E-state index in [0.717, 1.165) is 30.2 Å². The second kappa shape index (κ2) is 11.2. The average molecular weight is 561 g/mol. The third kappa shape index (κ3) is 6.77. The standard InChI is InChI=1S/C16H17BrFNOS.Os/c1-21-12-19-11-13(4-2-3-9-17)10-16(20)14-5-7-15(18)8-6-14;/h5-8,11-12H,2-4,9H2,1H3;/b13-11-,19-12?;. The molecule has 0 aliphatic carbocycles.